The third kappa shape index (κ3) is 4.80. The zero-order chi connectivity index (χ0) is 12.0. The van der Waals surface area contributed by atoms with E-state index < -0.39 is 0 Å². The monoisotopic (exact) mass is 219 g/mol. The van der Waals surface area contributed by atoms with Crippen LogP contribution in [0.25, 0.3) is 0 Å². The average Bonchev–Trinajstić information content (AvgIpc) is 2.22. The van der Waals surface area contributed by atoms with Crippen molar-refractivity contribution in [2.24, 2.45) is 0 Å². The maximum Gasteiger partial charge on any atom is 0.00418 e. The van der Waals surface area contributed by atoms with E-state index in [0.29, 0.717) is 6.04 Å². The minimum absolute atomic E-state index is 0.626. The molecule has 1 heteroatoms. The molecule has 0 aliphatic heterocycles. The van der Waals surface area contributed by atoms with E-state index >= 15 is 0 Å². The van der Waals surface area contributed by atoms with Crippen molar-refractivity contribution in [2.75, 3.05) is 6.54 Å². The Labute approximate surface area is 100 Å². The topological polar surface area (TPSA) is 12.0 Å². The van der Waals surface area contributed by atoms with Crippen molar-refractivity contribution in [1.82, 2.24) is 5.32 Å². The highest BCUT2D eigenvalue weighted by atomic mass is 14.9. The molecule has 1 rings (SSSR count). The minimum Gasteiger partial charge on any atom is -0.314 e. The van der Waals surface area contributed by atoms with Gasteiger partial charge < -0.3 is 5.32 Å². The molecule has 0 aliphatic carbocycles. The summed E-state index contributed by atoms with van der Waals surface area (Å²) in [5, 5.41) is 3.53. The number of hydrogen-bond donors (Lipinski definition) is 1. The molecule has 16 heavy (non-hydrogen) atoms. The molecule has 0 amide bonds. The van der Waals surface area contributed by atoms with Crippen molar-refractivity contribution in [3.63, 3.8) is 0 Å². The molecule has 0 bridgehead atoms. The van der Waals surface area contributed by atoms with Gasteiger partial charge in [0, 0.05) is 6.04 Å². The van der Waals surface area contributed by atoms with E-state index in [-0.39, 0.29) is 0 Å². The third-order valence-electron chi connectivity index (χ3n) is 2.89. The lowest BCUT2D eigenvalue weighted by atomic mass is 10.0. The summed E-state index contributed by atoms with van der Waals surface area (Å²) in [6, 6.07) is 7.47. The number of rotatable bonds is 6. The lowest BCUT2D eigenvalue weighted by Crippen LogP contribution is -2.27. The molecule has 0 spiro atoms. The standard InChI is InChI=1S/C15H25N/c1-5-8-16-14(4)6-7-15-10-12(2)9-13(3)11-15/h9-11,14,16H,5-8H2,1-4H3. The predicted molar refractivity (Wildman–Crippen MR) is 72.0 cm³/mol. The first-order valence-electron chi connectivity index (χ1n) is 6.42. The fourth-order valence-electron chi connectivity index (χ4n) is 2.09. The summed E-state index contributed by atoms with van der Waals surface area (Å²) in [6.07, 6.45) is 3.62. The quantitative estimate of drug-likeness (QED) is 0.770. The summed E-state index contributed by atoms with van der Waals surface area (Å²) in [7, 11) is 0. The molecule has 0 saturated heterocycles. The summed E-state index contributed by atoms with van der Waals surface area (Å²) in [4.78, 5) is 0. The van der Waals surface area contributed by atoms with E-state index in [1.54, 1.807) is 0 Å². The van der Waals surface area contributed by atoms with Crippen LogP contribution in [0.5, 0.6) is 0 Å². The Morgan fingerprint density at radius 1 is 1.12 bits per heavy atom. The van der Waals surface area contributed by atoms with Gasteiger partial charge in [-0.2, -0.15) is 0 Å². The van der Waals surface area contributed by atoms with E-state index in [1.165, 1.54) is 36.0 Å². The van der Waals surface area contributed by atoms with Gasteiger partial charge in [-0.3, -0.25) is 0 Å². The Morgan fingerprint density at radius 3 is 2.31 bits per heavy atom. The van der Waals surface area contributed by atoms with Gasteiger partial charge >= 0.3 is 0 Å². The van der Waals surface area contributed by atoms with Crippen LogP contribution in [0.3, 0.4) is 0 Å². The Kier molecular flexibility index (Phi) is 5.54. The van der Waals surface area contributed by atoms with Gasteiger partial charge in [-0.25, -0.2) is 0 Å². The maximum atomic E-state index is 3.53. The summed E-state index contributed by atoms with van der Waals surface area (Å²) in [6.45, 7) is 9.97. The maximum absolute atomic E-state index is 3.53. The number of hydrogen-bond acceptors (Lipinski definition) is 1. The van der Waals surface area contributed by atoms with Crippen molar-refractivity contribution in [3.8, 4) is 0 Å². The van der Waals surface area contributed by atoms with Crippen LogP contribution in [0.15, 0.2) is 18.2 Å². The molecule has 0 aliphatic rings. The molecule has 1 nitrogen and oxygen atoms in total. The fraction of sp³-hybridized carbons (Fsp3) is 0.600. The van der Waals surface area contributed by atoms with E-state index in [1.807, 2.05) is 0 Å². The van der Waals surface area contributed by atoms with Crippen LogP contribution in [-0.2, 0) is 6.42 Å². The van der Waals surface area contributed by atoms with Gasteiger partial charge in [0.2, 0.25) is 0 Å². The van der Waals surface area contributed by atoms with Crippen LogP contribution < -0.4 is 5.32 Å². The second-order valence-corrected chi connectivity index (χ2v) is 4.89. The van der Waals surface area contributed by atoms with Gasteiger partial charge in [-0.15, -0.1) is 0 Å². The van der Waals surface area contributed by atoms with Crippen LogP contribution in [0, 0.1) is 13.8 Å². The number of nitrogens with one attached hydrogen (secondary N) is 1. The summed E-state index contributed by atoms with van der Waals surface area (Å²) >= 11 is 0. The Bertz CT molecular complexity index is 297. The fourth-order valence-corrected chi connectivity index (χ4v) is 2.09. The first kappa shape index (κ1) is 13.2. The lowest BCUT2D eigenvalue weighted by Gasteiger charge is -2.13. The molecule has 1 N–H and O–H groups in total. The van der Waals surface area contributed by atoms with Crippen LogP contribution in [0.4, 0.5) is 0 Å². The summed E-state index contributed by atoms with van der Waals surface area (Å²) < 4.78 is 0. The van der Waals surface area contributed by atoms with Crippen LogP contribution in [0.2, 0.25) is 0 Å². The van der Waals surface area contributed by atoms with Gasteiger partial charge in [0.25, 0.3) is 0 Å². The Hall–Kier alpha value is -0.820. The molecule has 0 radical (unpaired) electrons. The molecule has 0 aromatic heterocycles. The first-order chi connectivity index (χ1) is 7.61. The van der Waals surface area contributed by atoms with Crippen molar-refractivity contribution < 1.29 is 0 Å². The van der Waals surface area contributed by atoms with Gasteiger partial charge in [0.1, 0.15) is 0 Å². The molecule has 0 saturated carbocycles. The zero-order valence-electron chi connectivity index (χ0n) is 11.1. The first-order valence-corrected chi connectivity index (χ1v) is 6.42. The number of benzene rings is 1. The molecule has 1 aromatic rings. The van der Waals surface area contributed by atoms with Crippen LogP contribution >= 0.6 is 0 Å². The highest BCUT2D eigenvalue weighted by Gasteiger charge is 2.02. The van der Waals surface area contributed by atoms with Gasteiger partial charge in [-0.05, 0) is 52.1 Å². The Morgan fingerprint density at radius 2 is 1.75 bits per heavy atom. The molecule has 1 atom stereocenters. The normalized spacial score (nSPS) is 12.8. The predicted octanol–water partition coefficient (Wildman–Crippen LogP) is 3.62. The minimum atomic E-state index is 0.626. The highest BCUT2D eigenvalue weighted by Crippen LogP contribution is 2.11. The van der Waals surface area contributed by atoms with Gasteiger partial charge in [0.05, 0.1) is 0 Å². The smallest absolute Gasteiger partial charge is 0.00418 e. The summed E-state index contributed by atoms with van der Waals surface area (Å²) in [5.41, 5.74) is 4.23. The van der Waals surface area contributed by atoms with Gasteiger partial charge in [-0.1, -0.05) is 36.2 Å². The number of aryl methyl sites for hydroxylation is 3. The van der Waals surface area contributed by atoms with E-state index in [9.17, 15) is 0 Å². The van der Waals surface area contributed by atoms with Crippen molar-refractivity contribution in [2.45, 2.75) is 53.0 Å². The Balaban J connectivity index is 2.41. The third-order valence-corrected chi connectivity index (χ3v) is 2.89. The largest absolute Gasteiger partial charge is 0.314 e. The second kappa shape index (κ2) is 6.70. The van der Waals surface area contributed by atoms with E-state index in [4.69, 9.17) is 0 Å². The SMILES string of the molecule is CCCNC(C)CCc1cc(C)cc(C)c1. The summed E-state index contributed by atoms with van der Waals surface area (Å²) in [5.74, 6) is 0. The highest BCUT2D eigenvalue weighted by molar-refractivity contribution is 5.28. The zero-order valence-corrected chi connectivity index (χ0v) is 11.1. The molecular weight excluding hydrogens is 194 g/mol. The molecule has 1 unspecified atom stereocenters. The van der Waals surface area contributed by atoms with Crippen molar-refractivity contribution in [3.05, 3.63) is 34.9 Å². The second-order valence-electron chi connectivity index (χ2n) is 4.89. The molecule has 90 valence electrons. The lowest BCUT2D eigenvalue weighted by molar-refractivity contribution is 0.513. The van der Waals surface area contributed by atoms with E-state index in [0.717, 1.165) is 6.54 Å². The van der Waals surface area contributed by atoms with Crippen LogP contribution in [0.1, 0.15) is 43.4 Å². The molecule has 0 fully saturated rings. The molecule has 0 heterocycles. The molecular formula is C15H25N. The van der Waals surface area contributed by atoms with E-state index in [2.05, 4.69) is 51.2 Å². The van der Waals surface area contributed by atoms with Crippen LogP contribution in [-0.4, -0.2) is 12.6 Å². The molecule has 1 aromatic carbocycles. The average molecular weight is 219 g/mol. The van der Waals surface area contributed by atoms with Crippen molar-refractivity contribution in [1.29, 1.82) is 0 Å². The van der Waals surface area contributed by atoms with Crippen molar-refractivity contribution >= 4 is 0 Å². The van der Waals surface area contributed by atoms with Gasteiger partial charge in [0.15, 0.2) is 0 Å².